The fourth-order valence-electron chi connectivity index (χ4n) is 2.39. The zero-order valence-electron chi connectivity index (χ0n) is 8.74. The molecular formula is C11H18N2O. The molecular weight excluding hydrogens is 176 g/mol. The van der Waals surface area contributed by atoms with Crippen LogP contribution in [0, 0.1) is 5.92 Å². The molecule has 3 nitrogen and oxygen atoms in total. The van der Waals surface area contributed by atoms with Gasteiger partial charge in [-0.1, -0.05) is 18.5 Å². The quantitative estimate of drug-likeness (QED) is 0.550. The summed E-state index contributed by atoms with van der Waals surface area (Å²) < 4.78 is 0. The van der Waals surface area contributed by atoms with Crippen LogP contribution < -0.4 is 0 Å². The van der Waals surface area contributed by atoms with E-state index in [9.17, 15) is 0 Å². The fourth-order valence-corrected chi connectivity index (χ4v) is 2.39. The highest BCUT2D eigenvalue weighted by molar-refractivity contribution is 5.98. The molecule has 1 heterocycles. The van der Waals surface area contributed by atoms with Crippen molar-refractivity contribution in [1.82, 2.24) is 4.90 Å². The molecule has 0 bridgehead atoms. The number of unbranched alkanes of at least 4 members (excludes halogenated alkanes) is 1. The number of fused-ring (bicyclic) bond motifs is 1. The monoisotopic (exact) mass is 194 g/mol. The number of hydrogen-bond acceptors (Lipinski definition) is 3. The summed E-state index contributed by atoms with van der Waals surface area (Å²) in [5.74, 6) is 0.637. The third kappa shape index (κ3) is 1.82. The van der Waals surface area contributed by atoms with Crippen LogP contribution in [0.15, 0.2) is 16.8 Å². The Balaban J connectivity index is 1.91. The van der Waals surface area contributed by atoms with Gasteiger partial charge >= 0.3 is 0 Å². The Bertz CT molecular complexity index is 270. The van der Waals surface area contributed by atoms with Crippen molar-refractivity contribution in [3.8, 4) is 0 Å². The second-order valence-electron chi connectivity index (χ2n) is 4.30. The van der Waals surface area contributed by atoms with E-state index in [-0.39, 0.29) is 0 Å². The Morgan fingerprint density at radius 1 is 1.64 bits per heavy atom. The van der Waals surface area contributed by atoms with Crippen LogP contribution in [0.25, 0.3) is 0 Å². The minimum Gasteiger partial charge on any atom is -0.411 e. The predicted octanol–water partition coefficient (Wildman–Crippen LogP) is 1.88. The van der Waals surface area contributed by atoms with E-state index in [2.05, 4.69) is 23.1 Å². The molecule has 1 unspecified atom stereocenters. The Labute approximate surface area is 85.1 Å². The third-order valence-corrected chi connectivity index (χ3v) is 3.17. The molecule has 2 rings (SSSR count). The van der Waals surface area contributed by atoms with Crippen molar-refractivity contribution in [2.45, 2.75) is 26.2 Å². The molecule has 0 radical (unpaired) electrons. The number of rotatable bonds is 3. The standard InChI is InChI=1S/C11H18N2O/c1-2-3-4-13-7-9-5-11(12-14)6-10(9)8-13/h5,10,14H,2-4,6-8H2,1H3. The van der Waals surface area contributed by atoms with Crippen molar-refractivity contribution < 1.29 is 5.21 Å². The minimum absolute atomic E-state index is 0.637. The van der Waals surface area contributed by atoms with Crippen molar-refractivity contribution in [2.75, 3.05) is 19.6 Å². The first-order valence-electron chi connectivity index (χ1n) is 5.47. The summed E-state index contributed by atoms with van der Waals surface area (Å²) in [5, 5.41) is 11.9. The van der Waals surface area contributed by atoms with E-state index in [1.165, 1.54) is 25.0 Å². The number of likely N-dealkylation sites (tertiary alicyclic amines) is 1. The third-order valence-electron chi connectivity index (χ3n) is 3.17. The Kier molecular flexibility index (Phi) is 2.87. The minimum atomic E-state index is 0.637. The van der Waals surface area contributed by atoms with Gasteiger partial charge in [-0.3, -0.25) is 4.90 Å². The highest BCUT2D eigenvalue weighted by atomic mass is 16.4. The van der Waals surface area contributed by atoms with Crippen molar-refractivity contribution in [3.05, 3.63) is 11.6 Å². The van der Waals surface area contributed by atoms with Gasteiger partial charge in [0.05, 0.1) is 5.71 Å². The summed E-state index contributed by atoms with van der Waals surface area (Å²) in [7, 11) is 0. The van der Waals surface area contributed by atoms with E-state index >= 15 is 0 Å². The van der Waals surface area contributed by atoms with Crippen LogP contribution in [0.3, 0.4) is 0 Å². The SMILES string of the molecule is CCCCN1CC2=CC(=NO)CC2C1. The smallest absolute Gasteiger partial charge is 0.0802 e. The topological polar surface area (TPSA) is 35.8 Å². The van der Waals surface area contributed by atoms with Crippen LogP contribution in [0.2, 0.25) is 0 Å². The molecule has 0 aromatic rings. The van der Waals surface area contributed by atoms with E-state index < -0.39 is 0 Å². The van der Waals surface area contributed by atoms with Crippen molar-refractivity contribution in [3.63, 3.8) is 0 Å². The van der Waals surface area contributed by atoms with Gasteiger partial charge in [-0.05, 0) is 30.5 Å². The van der Waals surface area contributed by atoms with Crippen LogP contribution in [0.1, 0.15) is 26.2 Å². The Morgan fingerprint density at radius 3 is 3.14 bits per heavy atom. The normalized spacial score (nSPS) is 29.6. The molecule has 2 aliphatic rings. The van der Waals surface area contributed by atoms with Gasteiger partial charge < -0.3 is 5.21 Å². The molecule has 1 atom stereocenters. The van der Waals surface area contributed by atoms with Gasteiger partial charge in [0, 0.05) is 19.5 Å². The maximum absolute atomic E-state index is 8.66. The number of oxime groups is 1. The predicted molar refractivity (Wildman–Crippen MR) is 56.8 cm³/mol. The molecule has 1 saturated heterocycles. The van der Waals surface area contributed by atoms with Crippen LogP contribution in [-0.2, 0) is 0 Å². The van der Waals surface area contributed by atoms with E-state index in [0.717, 1.165) is 25.2 Å². The molecule has 0 amide bonds. The average molecular weight is 194 g/mol. The van der Waals surface area contributed by atoms with E-state index in [0.29, 0.717) is 5.92 Å². The van der Waals surface area contributed by atoms with Crippen LogP contribution >= 0.6 is 0 Å². The molecule has 0 aromatic carbocycles. The molecule has 78 valence electrons. The molecule has 1 N–H and O–H groups in total. The zero-order chi connectivity index (χ0) is 9.97. The summed E-state index contributed by atoms with van der Waals surface area (Å²) >= 11 is 0. The lowest BCUT2D eigenvalue weighted by Gasteiger charge is -2.14. The lowest BCUT2D eigenvalue weighted by molar-refractivity contribution is 0.311. The molecule has 14 heavy (non-hydrogen) atoms. The second-order valence-corrected chi connectivity index (χ2v) is 4.30. The van der Waals surface area contributed by atoms with Crippen molar-refractivity contribution >= 4 is 5.71 Å². The Morgan fingerprint density at radius 2 is 2.50 bits per heavy atom. The maximum atomic E-state index is 8.66. The lowest BCUT2D eigenvalue weighted by atomic mass is 10.1. The van der Waals surface area contributed by atoms with Gasteiger partial charge in [-0.25, -0.2) is 0 Å². The highest BCUT2D eigenvalue weighted by Gasteiger charge is 2.32. The number of nitrogens with zero attached hydrogens (tertiary/aromatic N) is 2. The summed E-state index contributed by atoms with van der Waals surface area (Å²) in [6, 6.07) is 0. The van der Waals surface area contributed by atoms with Crippen molar-refractivity contribution in [2.24, 2.45) is 11.1 Å². The van der Waals surface area contributed by atoms with E-state index in [1.807, 2.05) is 0 Å². The van der Waals surface area contributed by atoms with Gasteiger partial charge in [0.1, 0.15) is 0 Å². The van der Waals surface area contributed by atoms with Gasteiger partial charge in [-0.2, -0.15) is 0 Å². The van der Waals surface area contributed by atoms with E-state index in [4.69, 9.17) is 5.21 Å². The molecule has 0 aromatic heterocycles. The molecule has 0 saturated carbocycles. The molecule has 1 aliphatic carbocycles. The van der Waals surface area contributed by atoms with Gasteiger partial charge in [0.15, 0.2) is 0 Å². The zero-order valence-corrected chi connectivity index (χ0v) is 8.74. The average Bonchev–Trinajstić information content (AvgIpc) is 2.71. The van der Waals surface area contributed by atoms with Crippen LogP contribution in [-0.4, -0.2) is 35.5 Å². The van der Waals surface area contributed by atoms with E-state index in [1.54, 1.807) is 0 Å². The fraction of sp³-hybridized carbons (Fsp3) is 0.727. The molecule has 3 heteroatoms. The number of hydrogen-bond donors (Lipinski definition) is 1. The van der Waals surface area contributed by atoms with Crippen LogP contribution in [0.5, 0.6) is 0 Å². The summed E-state index contributed by atoms with van der Waals surface area (Å²) in [6.07, 6.45) is 5.57. The van der Waals surface area contributed by atoms with Gasteiger partial charge in [0.25, 0.3) is 0 Å². The first-order chi connectivity index (χ1) is 6.83. The lowest BCUT2D eigenvalue weighted by Crippen LogP contribution is -2.22. The largest absolute Gasteiger partial charge is 0.411 e. The molecule has 1 aliphatic heterocycles. The second kappa shape index (κ2) is 4.13. The first kappa shape index (κ1) is 9.71. The highest BCUT2D eigenvalue weighted by Crippen LogP contribution is 2.31. The molecule has 1 fully saturated rings. The van der Waals surface area contributed by atoms with Crippen LogP contribution in [0.4, 0.5) is 0 Å². The van der Waals surface area contributed by atoms with Crippen molar-refractivity contribution in [1.29, 1.82) is 0 Å². The Hall–Kier alpha value is -0.830. The summed E-state index contributed by atoms with van der Waals surface area (Å²) in [5.41, 5.74) is 2.33. The molecule has 0 spiro atoms. The van der Waals surface area contributed by atoms with Gasteiger partial charge in [-0.15, -0.1) is 0 Å². The first-order valence-corrected chi connectivity index (χ1v) is 5.47. The summed E-state index contributed by atoms with van der Waals surface area (Å²) in [6.45, 7) is 5.69. The maximum Gasteiger partial charge on any atom is 0.0802 e. The van der Waals surface area contributed by atoms with Gasteiger partial charge in [0.2, 0.25) is 0 Å². The number of allylic oxidation sites excluding steroid dienone is 1. The summed E-state index contributed by atoms with van der Waals surface area (Å²) in [4.78, 5) is 2.51.